The molecule has 0 aliphatic rings. The van der Waals surface area contributed by atoms with Crippen LogP contribution in [0.4, 0.5) is 0 Å². The molecule has 3 heteroatoms. The molecule has 0 aliphatic heterocycles. The van der Waals surface area contributed by atoms with E-state index >= 15 is 0 Å². The zero-order valence-corrected chi connectivity index (χ0v) is 14.7. The van der Waals surface area contributed by atoms with Crippen molar-refractivity contribution in [2.75, 3.05) is 0 Å². The van der Waals surface area contributed by atoms with Crippen LogP contribution in [0.25, 0.3) is 33.4 Å². The second kappa shape index (κ2) is 7.04. The average Bonchev–Trinajstić information content (AvgIpc) is 3.08. The molecule has 0 aliphatic carbocycles. The van der Waals surface area contributed by atoms with Crippen LogP contribution in [0.15, 0.2) is 80.4 Å². The smallest absolute Gasteiger partial charge is 0.390 e. The molecule has 3 nitrogen and oxygen atoms in total. The van der Waals surface area contributed by atoms with Gasteiger partial charge in [-0.1, -0.05) is 67.9 Å². The van der Waals surface area contributed by atoms with Crippen LogP contribution in [0.2, 0.25) is 0 Å². The highest BCUT2D eigenvalue weighted by atomic mass is 16.6. The van der Waals surface area contributed by atoms with E-state index in [2.05, 4.69) is 31.2 Å². The predicted octanol–water partition coefficient (Wildman–Crippen LogP) is 6.06. The van der Waals surface area contributed by atoms with Crippen LogP contribution in [0.1, 0.15) is 25.3 Å². The molecular weight excluding hydrogens is 324 g/mol. The van der Waals surface area contributed by atoms with E-state index < -0.39 is 5.82 Å². The van der Waals surface area contributed by atoms with Gasteiger partial charge in [-0.2, -0.15) is 0 Å². The number of hydrogen-bond acceptors (Lipinski definition) is 3. The van der Waals surface area contributed by atoms with Crippen molar-refractivity contribution in [3.63, 3.8) is 0 Å². The van der Waals surface area contributed by atoms with Crippen molar-refractivity contribution in [1.82, 2.24) is 0 Å². The summed E-state index contributed by atoms with van der Waals surface area (Å²) in [7, 11) is 0. The second-order valence-electron chi connectivity index (χ2n) is 6.44. The van der Waals surface area contributed by atoms with Crippen LogP contribution in [0.3, 0.4) is 0 Å². The molecule has 0 bridgehead atoms. The van der Waals surface area contributed by atoms with Gasteiger partial charge in [-0.3, -0.25) is 0 Å². The fourth-order valence-electron chi connectivity index (χ4n) is 3.26. The Morgan fingerprint density at radius 3 is 1.88 bits per heavy atom. The first kappa shape index (κ1) is 16.4. The SMILES string of the molecule is CCCCc1ccc(-c2ccc(-c3ccccc3)c3oc(=O)oc23)cc1. The van der Waals surface area contributed by atoms with E-state index in [1.165, 1.54) is 18.4 Å². The van der Waals surface area contributed by atoms with Crippen molar-refractivity contribution in [3.05, 3.63) is 82.9 Å². The lowest BCUT2D eigenvalue weighted by Gasteiger charge is -2.07. The number of hydrogen-bond donors (Lipinski definition) is 0. The van der Waals surface area contributed by atoms with Gasteiger partial charge in [-0.05, 0) is 41.7 Å². The van der Waals surface area contributed by atoms with Crippen molar-refractivity contribution in [2.45, 2.75) is 26.2 Å². The van der Waals surface area contributed by atoms with Gasteiger partial charge in [0.15, 0.2) is 11.2 Å². The number of fused-ring (bicyclic) bond motifs is 1. The fraction of sp³-hybridized carbons (Fsp3) is 0.174. The van der Waals surface area contributed by atoms with Gasteiger partial charge in [-0.15, -0.1) is 0 Å². The van der Waals surface area contributed by atoms with Gasteiger partial charge in [0.2, 0.25) is 0 Å². The Balaban J connectivity index is 1.81. The van der Waals surface area contributed by atoms with Crippen LogP contribution in [-0.2, 0) is 6.42 Å². The van der Waals surface area contributed by atoms with Crippen molar-refractivity contribution in [3.8, 4) is 22.3 Å². The molecule has 0 spiro atoms. The zero-order chi connectivity index (χ0) is 17.9. The van der Waals surface area contributed by atoms with Gasteiger partial charge < -0.3 is 8.83 Å². The predicted molar refractivity (Wildman–Crippen MR) is 104 cm³/mol. The highest BCUT2D eigenvalue weighted by Crippen LogP contribution is 2.35. The minimum atomic E-state index is -0.677. The lowest BCUT2D eigenvalue weighted by molar-refractivity contribution is 0.410. The minimum Gasteiger partial charge on any atom is -0.390 e. The standard InChI is InChI=1S/C23H20O3/c1-2-3-7-16-10-12-18(13-11-16)20-15-14-19(17-8-5-4-6-9-17)21-22(20)26-23(24)25-21/h4-6,8-15H,2-3,7H2,1H3. The highest BCUT2D eigenvalue weighted by Gasteiger charge is 2.16. The molecule has 1 aromatic heterocycles. The van der Waals surface area contributed by atoms with Crippen molar-refractivity contribution in [2.24, 2.45) is 0 Å². The highest BCUT2D eigenvalue weighted by molar-refractivity contribution is 5.98. The van der Waals surface area contributed by atoms with Crippen LogP contribution < -0.4 is 5.82 Å². The lowest BCUT2D eigenvalue weighted by atomic mass is 9.97. The molecule has 3 aromatic carbocycles. The summed E-state index contributed by atoms with van der Waals surface area (Å²) in [5.41, 5.74) is 6.04. The topological polar surface area (TPSA) is 43.4 Å². The molecule has 0 radical (unpaired) electrons. The summed E-state index contributed by atoms with van der Waals surface area (Å²) in [6.07, 6.45) is 3.45. The van der Waals surface area contributed by atoms with E-state index in [9.17, 15) is 4.79 Å². The average molecular weight is 344 g/mol. The summed E-state index contributed by atoms with van der Waals surface area (Å²) in [6.45, 7) is 2.19. The maximum Gasteiger partial charge on any atom is 0.519 e. The lowest BCUT2D eigenvalue weighted by Crippen LogP contribution is -1.86. The first-order valence-corrected chi connectivity index (χ1v) is 8.97. The molecule has 4 aromatic rings. The van der Waals surface area contributed by atoms with E-state index in [1.807, 2.05) is 42.5 Å². The van der Waals surface area contributed by atoms with Gasteiger partial charge in [0.1, 0.15) is 0 Å². The monoisotopic (exact) mass is 344 g/mol. The molecular formula is C23H20O3. The minimum absolute atomic E-state index is 0.494. The Hall–Kier alpha value is -3.07. The molecule has 0 unspecified atom stereocenters. The van der Waals surface area contributed by atoms with Gasteiger partial charge in [-0.25, -0.2) is 4.79 Å². The maximum atomic E-state index is 11.8. The van der Waals surface area contributed by atoms with Gasteiger partial charge in [0, 0.05) is 11.1 Å². The summed E-state index contributed by atoms with van der Waals surface area (Å²) in [4.78, 5) is 11.8. The van der Waals surface area contributed by atoms with Crippen molar-refractivity contribution >= 4 is 11.2 Å². The van der Waals surface area contributed by atoms with Gasteiger partial charge in [0.25, 0.3) is 0 Å². The van der Waals surface area contributed by atoms with Crippen LogP contribution >= 0.6 is 0 Å². The first-order valence-electron chi connectivity index (χ1n) is 8.97. The Labute approximate surface area is 151 Å². The molecule has 1 heterocycles. The molecule has 0 saturated carbocycles. The van der Waals surface area contributed by atoms with E-state index in [4.69, 9.17) is 8.83 Å². The Kier molecular flexibility index (Phi) is 4.44. The first-order chi connectivity index (χ1) is 12.8. The quantitative estimate of drug-likeness (QED) is 0.442. The molecule has 4 rings (SSSR count). The summed E-state index contributed by atoms with van der Waals surface area (Å²) in [5.74, 6) is -0.677. The van der Waals surface area contributed by atoms with Crippen LogP contribution in [0, 0.1) is 0 Å². The summed E-state index contributed by atoms with van der Waals surface area (Å²) < 4.78 is 10.8. The third-order valence-electron chi connectivity index (χ3n) is 4.65. The van der Waals surface area contributed by atoms with Gasteiger partial charge >= 0.3 is 5.82 Å². The number of rotatable bonds is 5. The third kappa shape index (κ3) is 3.08. The van der Waals surface area contributed by atoms with E-state index in [0.717, 1.165) is 28.7 Å². The van der Waals surface area contributed by atoms with Crippen LogP contribution in [-0.4, -0.2) is 0 Å². The molecule has 0 N–H and O–H groups in total. The second-order valence-corrected chi connectivity index (χ2v) is 6.44. The Bertz CT molecular complexity index is 1070. The van der Waals surface area contributed by atoms with E-state index in [-0.39, 0.29) is 0 Å². The summed E-state index contributed by atoms with van der Waals surface area (Å²) in [5, 5.41) is 0. The largest absolute Gasteiger partial charge is 0.519 e. The normalized spacial score (nSPS) is 11.1. The third-order valence-corrected chi connectivity index (χ3v) is 4.65. The number of aryl methyl sites for hydroxylation is 1. The fourth-order valence-corrected chi connectivity index (χ4v) is 3.26. The molecule has 130 valence electrons. The molecule has 0 amide bonds. The van der Waals surface area contributed by atoms with Crippen LogP contribution in [0.5, 0.6) is 0 Å². The van der Waals surface area contributed by atoms with Crippen molar-refractivity contribution < 1.29 is 8.83 Å². The molecule has 26 heavy (non-hydrogen) atoms. The van der Waals surface area contributed by atoms with E-state index in [1.54, 1.807) is 0 Å². The summed E-state index contributed by atoms with van der Waals surface area (Å²) >= 11 is 0. The Morgan fingerprint density at radius 1 is 0.731 bits per heavy atom. The Morgan fingerprint density at radius 2 is 1.31 bits per heavy atom. The molecule has 0 atom stereocenters. The maximum absolute atomic E-state index is 11.8. The number of benzene rings is 3. The molecule has 0 fully saturated rings. The number of unbranched alkanes of at least 4 members (excludes halogenated alkanes) is 1. The van der Waals surface area contributed by atoms with E-state index in [0.29, 0.717) is 11.2 Å². The summed E-state index contributed by atoms with van der Waals surface area (Å²) in [6, 6.07) is 22.3. The molecule has 0 saturated heterocycles. The zero-order valence-electron chi connectivity index (χ0n) is 14.7. The van der Waals surface area contributed by atoms with Crippen molar-refractivity contribution in [1.29, 1.82) is 0 Å². The van der Waals surface area contributed by atoms with Gasteiger partial charge in [0.05, 0.1) is 0 Å².